The van der Waals surface area contributed by atoms with Crippen molar-refractivity contribution in [1.29, 1.82) is 0 Å². The number of hydrogen-bond donors (Lipinski definition) is 1. The van der Waals surface area contributed by atoms with Gasteiger partial charge in [-0.3, -0.25) is 14.5 Å². The summed E-state index contributed by atoms with van der Waals surface area (Å²) in [7, 11) is 0. The quantitative estimate of drug-likeness (QED) is 0.852. The molecule has 3 aliphatic heterocycles. The molecule has 1 aliphatic carbocycles. The lowest BCUT2D eigenvalue weighted by Crippen LogP contribution is -2.54. The van der Waals surface area contributed by atoms with E-state index < -0.39 is 6.04 Å². The van der Waals surface area contributed by atoms with Gasteiger partial charge in [0.25, 0.3) is 5.91 Å². The fourth-order valence-electron chi connectivity index (χ4n) is 5.36. The van der Waals surface area contributed by atoms with Crippen LogP contribution in [0.15, 0.2) is 30.5 Å². The predicted molar refractivity (Wildman–Crippen MR) is 109 cm³/mol. The van der Waals surface area contributed by atoms with Crippen LogP contribution in [0.25, 0.3) is 0 Å². The molecule has 1 aromatic carbocycles. The van der Waals surface area contributed by atoms with Crippen molar-refractivity contribution in [1.82, 2.24) is 15.1 Å². The molecule has 3 heterocycles. The van der Waals surface area contributed by atoms with Crippen LogP contribution in [0.5, 0.6) is 5.75 Å². The zero-order chi connectivity index (χ0) is 20.1. The monoisotopic (exact) mass is 395 g/mol. The van der Waals surface area contributed by atoms with Crippen molar-refractivity contribution in [3.8, 4) is 5.75 Å². The standard InChI is InChI=1S/C23H29N3O3/c1-14-11-25(12-14)19-4-3-5-21(19)29-17-7-8-18-16(10-17)13-26(23(18)28)20-9-6-15(2)24-22(20)27/h7-8,10,14,19-21H,2-6,9,11-13H2,1H3,(H,24,27)/t19-,20?,21-/m0/s1. The van der Waals surface area contributed by atoms with Crippen molar-refractivity contribution in [3.05, 3.63) is 41.6 Å². The maximum absolute atomic E-state index is 12.9. The number of nitrogens with zero attached hydrogens (tertiary/aromatic N) is 2. The van der Waals surface area contributed by atoms with E-state index in [0.29, 0.717) is 31.0 Å². The number of benzene rings is 1. The lowest BCUT2D eigenvalue weighted by atomic mass is 9.98. The third-order valence-corrected chi connectivity index (χ3v) is 6.87. The molecule has 2 amide bonds. The van der Waals surface area contributed by atoms with Gasteiger partial charge in [-0.2, -0.15) is 0 Å². The van der Waals surface area contributed by atoms with Gasteiger partial charge >= 0.3 is 0 Å². The van der Waals surface area contributed by atoms with Gasteiger partial charge in [-0.05, 0) is 61.8 Å². The number of rotatable bonds is 4. The number of allylic oxidation sites excluding steroid dienone is 1. The number of hydrogen-bond acceptors (Lipinski definition) is 4. The van der Waals surface area contributed by atoms with Crippen LogP contribution in [0.4, 0.5) is 0 Å². The van der Waals surface area contributed by atoms with E-state index in [-0.39, 0.29) is 17.9 Å². The Morgan fingerprint density at radius 3 is 2.76 bits per heavy atom. The van der Waals surface area contributed by atoms with Crippen LogP contribution in [0.3, 0.4) is 0 Å². The maximum Gasteiger partial charge on any atom is 0.255 e. The second kappa shape index (κ2) is 7.17. The first-order valence-electron chi connectivity index (χ1n) is 10.8. The second-order valence-electron chi connectivity index (χ2n) is 9.11. The first kappa shape index (κ1) is 18.7. The molecule has 0 radical (unpaired) electrons. The van der Waals surface area contributed by atoms with E-state index in [1.807, 2.05) is 18.2 Å². The number of carbonyl (C=O) groups excluding carboxylic acids is 2. The van der Waals surface area contributed by atoms with Gasteiger partial charge in [-0.15, -0.1) is 0 Å². The number of fused-ring (bicyclic) bond motifs is 1. The molecule has 3 atom stereocenters. The number of likely N-dealkylation sites (tertiary alicyclic amines) is 1. The molecule has 5 rings (SSSR count). The summed E-state index contributed by atoms with van der Waals surface area (Å²) in [6.07, 6.45) is 5.07. The van der Waals surface area contributed by atoms with Crippen molar-refractivity contribution >= 4 is 11.8 Å². The summed E-state index contributed by atoms with van der Waals surface area (Å²) in [5.74, 6) is 1.44. The summed E-state index contributed by atoms with van der Waals surface area (Å²) in [6.45, 7) is 8.94. The number of nitrogens with one attached hydrogen (secondary N) is 1. The van der Waals surface area contributed by atoms with Crippen LogP contribution < -0.4 is 10.1 Å². The summed E-state index contributed by atoms with van der Waals surface area (Å²) in [6, 6.07) is 5.87. The van der Waals surface area contributed by atoms with Gasteiger partial charge in [0.2, 0.25) is 5.91 Å². The number of amides is 2. The molecule has 0 bridgehead atoms. The van der Waals surface area contributed by atoms with E-state index in [2.05, 4.69) is 23.7 Å². The third kappa shape index (κ3) is 3.33. The lowest BCUT2D eigenvalue weighted by Gasteiger charge is -2.43. The van der Waals surface area contributed by atoms with Crippen molar-refractivity contribution in [3.63, 3.8) is 0 Å². The van der Waals surface area contributed by atoms with E-state index >= 15 is 0 Å². The van der Waals surface area contributed by atoms with Crippen LogP contribution in [0.2, 0.25) is 0 Å². The molecule has 3 fully saturated rings. The minimum Gasteiger partial charge on any atom is -0.489 e. The topological polar surface area (TPSA) is 61.9 Å². The fourth-order valence-corrected chi connectivity index (χ4v) is 5.36. The molecule has 4 aliphatic rings. The summed E-state index contributed by atoms with van der Waals surface area (Å²) in [5, 5.41) is 2.79. The van der Waals surface area contributed by atoms with Gasteiger partial charge in [0.05, 0.1) is 0 Å². The number of carbonyl (C=O) groups is 2. The van der Waals surface area contributed by atoms with Crippen molar-refractivity contribution in [2.45, 2.75) is 63.8 Å². The van der Waals surface area contributed by atoms with Crippen LogP contribution >= 0.6 is 0 Å². The third-order valence-electron chi connectivity index (χ3n) is 6.87. The van der Waals surface area contributed by atoms with Crippen LogP contribution in [0, 0.1) is 5.92 Å². The van der Waals surface area contributed by atoms with Crippen molar-refractivity contribution in [2.75, 3.05) is 13.1 Å². The highest BCUT2D eigenvalue weighted by atomic mass is 16.5. The molecule has 1 aromatic rings. The highest BCUT2D eigenvalue weighted by Crippen LogP contribution is 2.35. The SMILES string of the molecule is C=C1CCC(N2Cc3cc(O[C@H]4CCC[C@@H]4N4CC(C)C4)ccc3C2=O)C(=O)N1. The Hall–Kier alpha value is -2.34. The molecule has 154 valence electrons. The Morgan fingerprint density at radius 2 is 2.00 bits per heavy atom. The van der Waals surface area contributed by atoms with E-state index in [0.717, 1.165) is 29.3 Å². The average Bonchev–Trinajstić information content (AvgIpc) is 3.24. The largest absolute Gasteiger partial charge is 0.489 e. The Bertz CT molecular complexity index is 861. The van der Waals surface area contributed by atoms with Crippen LogP contribution in [-0.4, -0.2) is 52.9 Å². The minimum atomic E-state index is -0.419. The molecule has 6 heteroatoms. The minimum absolute atomic E-state index is 0.0625. The fraction of sp³-hybridized carbons (Fsp3) is 0.565. The molecule has 0 spiro atoms. The number of piperidine rings is 1. The van der Waals surface area contributed by atoms with Crippen molar-refractivity contribution < 1.29 is 14.3 Å². The van der Waals surface area contributed by atoms with Gasteiger partial charge in [0, 0.05) is 36.9 Å². The van der Waals surface area contributed by atoms with Crippen LogP contribution in [0.1, 0.15) is 54.9 Å². The Kier molecular flexibility index (Phi) is 4.62. The molecule has 0 aromatic heterocycles. The normalized spacial score (nSPS) is 30.3. The average molecular weight is 396 g/mol. The van der Waals surface area contributed by atoms with Crippen molar-refractivity contribution in [2.24, 2.45) is 5.92 Å². The Balaban J connectivity index is 1.29. The molecular weight excluding hydrogens is 366 g/mol. The zero-order valence-corrected chi connectivity index (χ0v) is 17.0. The Labute approximate surface area is 171 Å². The smallest absolute Gasteiger partial charge is 0.255 e. The lowest BCUT2D eigenvalue weighted by molar-refractivity contribution is -0.126. The first-order valence-corrected chi connectivity index (χ1v) is 10.8. The molecule has 2 saturated heterocycles. The number of ether oxygens (including phenoxy) is 1. The summed E-state index contributed by atoms with van der Waals surface area (Å²) >= 11 is 0. The zero-order valence-electron chi connectivity index (χ0n) is 17.0. The van der Waals surface area contributed by atoms with Gasteiger partial charge in [-0.25, -0.2) is 0 Å². The van der Waals surface area contributed by atoms with E-state index in [1.54, 1.807) is 4.90 Å². The molecule has 6 nitrogen and oxygen atoms in total. The Morgan fingerprint density at radius 1 is 1.17 bits per heavy atom. The molecule has 1 saturated carbocycles. The predicted octanol–water partition coefficient (Wildman–Crippen LogP) is 2.69. The second-order valence-corrected chi connectivity index (χ2v) is 9.11. The molecule has 1 unspecified atom stereocenters. The highest BCUT2D eigenvalue weighted by Gasteiger charge is 2.40. The summed E-state index contributed by atoms with van der Waals surface area (Å²) in [4.78, 5) is 29.5. The summed E-state index contributed by atoms with van der Waals surface area (Å²) < 4.78 is 6.39. The van der Waals surface area contributed by atoms with E-state index in [1.165, 1.54) is 25.9 Å². The summed E-state index contributed by atoms with van der Waals surface area (Å²) in [5.41, 5.74) is 2.37. The van der Waals surface area contributed by atoms with E-state index in [4.69, 9.17) is 4.74 Å². The van der Waals surface area contributed by atoms with Gasteiger partial charge in [-0.1, -0.05) is 13.5 Å². The highest BCUT2D eigenvalue weighted by molar-refractivity contribution is 6.01. The molecule has 29 heavy (non-hydrogen) atoms. The van der Waals surface area contributed by atoms with E-state index in [9.17, 15) is 9.59 Å². The molecule has 1 N–H and O–H groups in total. The molecular formula is C23H29N3O3. The van der Waals surface area contributed by atoms with Gasteiger partial charge < -0.3 is 15.0 Å². The van der Waals surface area contributed by atoms with Crippen LogP contribution in [-0.2, 0) is 11.3 Å². The maximum atomic E-state index is 12.9. The van der Waals surface area contributed by atoms with Gasteiger partial charge in [0.1, 0.15) is 17.9 Å². The first-order chi connectivity index (χ1) is 14.0. The van der Waals surface area contributed by atoms with Gasteiger partial charge in [0.15, 0.2) is 0 Å².